The van der Waals surface area contributed by atoms with Gasteiger partial charge in [0.05, 0.1) is 10.6 Å². The second-order valence-corrected chi connectivity index (χ2v) is 8.22. The van der Waals surface area contributed by atoms with Crippen LogP contribution in [0.2, 0.25) is 0 Å². The molecule has 1 saturated carbocycles. The minimum absolute atomic E-state index is 0.142. The molecule has 0 spiro atoms. The molecule has 1 amide bonds. The average molecular weight is 390 g/mol. The summed E-state index contributed by atoms with van der Waals surface area (Å²) in [4.78, 5) is 11.3. The fraction of sp³-hybridized carbons (Fsp3) is 0.500. The van der Waals surface area contributed by atoms with Gasteiger partial charge in [-0.3, -0.25) is 4.79 Å². The second-order valence-electron chi connectivity index (χ2n) is 5.63. The van der Waals surface area contributed by atoms with Gasteiger partial charge in [0.1, 0.15) is 0 Å². The molecule has 1 unspecified atom stereocenters. The molecular formula is C14H20BrN3O3S. The third-order valence-corrected chi connectivity index (χ3v) is 5.82. The summed E-state index contributed by atoms with van der Waals surface area (Å²) < 4.78 is 27.9. The van der Waals surface area contributed by atoms with Gasteiger partial charge in [0.15, 0.2) is 0 Å². The molecular weight excluding hydrogens is 370 g/mol. The van der Waals surface area contributed by atoms with Crippen molar-refractivity contribution in [2.75, 3.05) is 11.9 Å². The number of nitrogens with one attached hydrogen (secondary N) is 2. The third kappa shape index (κ3) is 4.28. The highest BCUT2D eigenvalue weighted by Gasteiger charge is 2.29. The zero-order valence-electron chi connectivity index (χ0n) is 12.5. The van der Waals surface area contributed by atoms with Crippen LogP contribution in [-0.4, -0.2) is 26.9 Å². The Morgan fingerprint density at radius 1 is 1.45 bits per heavy atom. The molecule has 1 atom stereocenters. The van der Waals surface area contributed by atoms with Crippen molar-refractivity contribution in [3.63, 3.8) is 0 Å². The monoisotopic (exact) mass is 389 g/mol. The van der Waals surface area contributed by atoms with Crippen molar-refractivity contribution >= 4 is 37.5 Å². The van der Waals surface area contributed by atoms with Crippen molar-refractivity contribution in [1.82, 2.24) is 4.72 Å². The van der Waals surface area contributed by atoms with E-state index in [1.165, 1.54) is 13.0 Å². The number of nitrogens with two attached hydrogens (primary N) is 1. The number of halogens is 1. The molecule has 0 aliphatic heterocycles. The number of hydrogen-bond donors (Lipinski definition) is 3. The first kappa shape index (κ1) is 17.4. The molecule has 1 aromatic carbocycles. The minimum atomic E-state index is -3.63. The molecule has 4 N–H and O–H groups in total. The zero-order chi connectivity index (χ0) is 16.5. The summed E-state index contributed by atoms with van der Waals surface area (Å²) in [7, 11) is -3.63. The van der Waals surface area contributed by atoms with Crippen LogP contribution in [0.3, 0.4) is 0 Å². The van der Waals surface area contributed by atoms with Gasteiger partial charge in [-0.2, -0.15) is 0 Å². The van der Waals surface area contributed by atoms with E-state index in [4.69, 9.17) is 5.73 Å². The molecule has 0 radical (unpaired) electrons. The van der Waals surface area contributed by atoms with Crippen LogP contribution >= 0.6 is 15.9 Å². The highest BCUT2D eigenvalue weighted by Crippen LogP contribution is 2.32. The van der Waals surface area contributed by atoms with E-state index in [9.17, 15) is 13.2 Å². The average Bonchev–Trinajstić information content (AvgIpc) is 3.23. The van der Waals surface area contributed by atoms with Crippen LogP contribution in [0.1, 0.15) is 25.3 Å². The Morgan fingerprint density at radius 3 is 2.64 bits per heavy atom. The predicted molar refractivity (Wildman–Crippen MR) is 89.1 cm³/mol. The van der Waals surface area contributed by atoms with Crippen LogP contribution in [0.15, 0.2) is 21.5 Å². The van der Waals surface area contributed by atoms with E-state index in [1.807, 2.05) is 0 Å². The fourth-order valence-electron chi connectivity index (χ4n) is 2.21. The lowest BCUT2D eigenvalue weighted by atomic mass is 10.2. The van der Waals surface area contributed by atoms with Gasteiger partial charge in [-0.05, 0) is 59.3 Å². The molecule has 22 heavy (non-hydrogen) atoms. The molecule has 1 aliphatic carbocycles. The van der Waals surface area contributed by atoms with E-state index in [1.54, 1.807) is 13.0 Å². The lowest BCUT2D eigenvalue weighted by Crippen LogP contribution is -2.38. The third-order valence-electron chi connectivity index (χ3n) is 3.60. The Hall–Kier alpha value is -0.960. The van der Waals surface area contributed by atoms with Gasteiger partial charge < -0.3 is 11.1 Å². The van der Waals surface area contributed by atoms with Crippen LogP contribution in [0, 0.1) is 12.8 Å². The SMILES string of the molecule is CC(=O)Nc1cc(C)c(S(=O)(=O)NCC(N)C2CC2)cc1Br. The van der Waals surface area contributed by atoms with Crippen LogP contribution in [-0.2, 0) is 14.8 Å². The summed E-state index contributed by atoms with van der Waals surface area (Å²) in [5.41, 5.74) is 7.02. The number of amides is 1. The number of carbonyl (C=O) groups excluding carboxylic acids is 1. The van der Waals surface area contributed by atoms with Crippen molar-refractivity contribution in [2.24, 2.45) is 11.7 Å². The lowest BCUT2D eigenvalue weighted by Gasteiger charge is -2.15. The summed E-state index contributed by atoms with van der Waals surface area (Å²) >= 11 is 3.28. The maximum atomic E-state index is 12.4. The Kier molecular flexibility index (Phi) is 5.26. The molecule has 0 aromatic heterocycles. The van der Waals surface area contributed by atoms with Crippen molar-refractivity contribution in [1.29, 1.82) is 0 Å². The molecule has 0 heterocycles. The molecule has 122 valence electrons. The van der Waals surface area contributed by atoms with Crippen molar-refractivity contribution < 1.29 is 13.2 Å². The standard InChI is InChI=1S/C14H20BrN3O3S/c1-8-5-13(18-9(2)19)11(15)6-14(8)22(20,21)17-7-12(16)10-3-4-10/h5-6,10,12,17H,3-4,7,16H2,1-2H3,(H,18,19). The lowest BCUT2D eigenvalue weighted by molar-refractivity contribution is -0.114. The van der Waals surface area contributed by atoms with E-state index in [-0.39, 0.29) is 23.4 Å². The van der Waals surface area contributed by atoms with E-state index < -0.39 is 10.0 Å². The topological polar surface area (TPSA) is 101 Å². The number of rotatable bonds is 6. The summed E-state index contributed by atoms with van der Waals surface area (Å²) in [5.74, 6) is 0.210. The first-order valence-electron chi connectivity index (χ1n) is 7.03. The number of carbonyl (C=O) groups is 1. The first-order valence-corrected chi connectivity index (χ1v) is 9.31. The molecule has 1 aromatic rings. The number of sulfonamides is 1. The van der Waals surface area contributed by atoms with Crippen LogP contribution < -0.4 is 15.8 Å². The van der Waals surface area contributed by atoms with Crippen molar-refractivity contribution in [2.45, 2.75) is 37.6 Å². The maximum absolute atomic E-state index is 12.4. The van der Waals surface area contributed by atoms with E-state index >= 15 is 0 Å². The Labute approximate surface area is 139 Å². The number of anilines is 1. The molecule has 8 heteroatoms. The maximum Gasteiger partial charge on any atom is 0.240 e. The van der Waals surface area contributed by atoms with Crippen LogP contribution in [0.4, 0.5) is 5.69 Å². The minimum Gasteiger partial charge on any atom is -0.326 e. The summed E-state index contributed by atoms with van der Waals surface area (Å²) in [5, 5.41) is 2.64. The zero-order valence-corrected chi connectivity index (χ0v) is 14.9. The van der Waals surface area contributed by atoms with Crippen molar-refractivity contribution in [3.05, 3.63) is 22.2 Å². The number of aryl methyl sites for hydroxylation is 1. The quantitative estimate of drug-likeness (QED) is 0.689. The predicted octanol–water partition coefficient (Wildman–Crippen LogP) is 1.73. The Bertz CT molecular complexity index is 687. The molecule has 1 fully saturated rings. The number of benzene rings is 1. The summed E-state index contributed by atoms with van der Waals surface area (Å²) in [6.45, 7) is 3.32. The van der Waals surface area contributed by atoms with Gasteiger partial charge in [0.2, 0.25) is 15.9 Å². The highest BCUT2D eigenvalue weighted by atomic mass is 79.9. The highest BCUT2D eigenvalue weighted by molar-refractivity contribution is 9.10. The van der Waals surface area contributed by atoms with Gasteiger partial charge in [-0.1, -0.05) is 0 Å². The van der Waals surface area contributed by atoms with Gasteiger partial charge in [0.25, 0.3) is 0 Å². The van der Waals surface area contributed by atoms with Crippen LogP contribution in [0.5, 0.6) is 0 Å². The van der Waals surface area contributed by atoms with Crippen LogP contribution in [0.25, 0.3) is 0 Å². The fourth-order valence-corrected chi connectivity index (χ4v) is 4.13. The van der Waals surface area contributed by atoms with Gasteiger partial charge >= 0.3 is 0 Å². The van der Waals surface area contributed by atoms with Crippen molar-refractivity contribution in [3.8, 4) is 0 Å². The second kappa shape index (κ2) is 6.66. The summed E-state index contributed by atoms with van der Waals surface area (Å²) in [6.07, 6.45) is 2.14. The number of hydrogen-bond acceptors (Lipinski definition) is 4. The van der Waals surface area contributed by atoms with Gasteiger partial charge in [-0.25, -0.2) is 13.1 Å². The Balaban J connectivity index is 2.19. The molecule has 1 aliphatic rings. The van der Waals surface area contributed by atoms with E-state index in [0.717, 1.165) is 12.8 Å². The van der Waals surface area contributed by atoms with Gasteiger partial charge in [-0.15, -0.1) is 0 Å². The molecule has 6 nitrogen and oxygen atoms in total. The van der Waals surface area contributed by atoms with E-state index in [0.29, 0.717) is 21.6 Å². The Morgan fingerprint density at radius 2 is 2.09 bits per heavy atom. The normalized spacial score (nSPS) is 16.4. The molecule has 0 saturated heterocycles. The largest absolute Gasteiger partial charge is 0.326 e. The van der Waals surface area contributed by atoms with Gasteiger partial charge in [0, 0.05) is 24.0 Å². The first-order chi connectivity index (χ1) is 10.2. The summed E-state index contributed by atoms with van der Waals surface area (Å²) in [6, 6.07) is 2.98. The molecule has 2 rings (SSSR count). The smallest absolute Gasteiger partial charge is 0.240 e. The van der Waals surface area contributed by atoms with E-state index in [2.05, 4.69) is 26.0 Å². The molecule has 0 bridgehead atoms.